The number of nitrogens with one attached hydrogen (secondary N) is 1. The van der Waals surface area contributed by atoms with Crippen molar-refractivity contribution in [2.75, 3.05) is 7.11 Å². The lowest BCUT2D eigenvalue weighted by molar-refractivity contribution is 0.0983. The molecular weight excluding hydrogens is 344 g/mol. The summed E-state index contributed by atoms with van der Waals surface area (Å²) in [5.41, 5.74) is 3.75. The largest absolute Gasteiger partial charge is 0.513 e. The molecular formula is C21H18N2O4. The lowest BCUT2D eigenvalue weighted by Gasteiger charge is -2.05. The predicted octanol–water partition coefficient (Wildman–Crippen LogP) is 4.31. The fraction of sp³-hybridized carbons (Fsp3) is 0.190. The second-order valence-electron chi connectivity index (χ2n) is 6.12. The molecule has 0 radical (unpaired) electrons. The monoisotopic (exact) mass is 362 g/mol. The maximum Gasteiger partial charge on any atom is 0.513 e. The lowest BCUT2D eigenvalue weighted by Crippen LogP contribution is -2.07. The molecule has 0 aliphatic rings. The number of hydrogen-bond acceptors (Lipinski definition) is 5. The van der Waals surface area contributed by atoms with Crippen molar-refractivity contribution in [2.45, 2.75) is 19.8 Å². The van der Waals surface area contributed by atoms with Crippen molar-refractivity contribution in [3.05, 3.63) is 64.8 Å². The first-order valence-electron chi connectivity index (χ1n) is 8.42. The van der Waals surface area contributed by atoms with Crippen molar-refractivity contribution in [1.29, 1.82) is 5.26 Å². The van der Waals surface area contributed by atoms with E-state index in [-0.39, 0.29) is 5.78 Å². The SMILES string of the molecule is COC(=O)Oc1ccc2[nH]c(C)c(C(=O)CCc3ccc(C#N)cc3)c2c1. The van der Waals surface area contributed by atoms with Gasteiger partial charge in [0.15, 0.2) is 5.78 Å². The topological polar surface area (TPSA) is 92.2 Å². The Bertz CT molecular complexity index is 1040. The van der Waals surface area contributed by atoms with Gasteiger partial charge in [0.25, 0.3) is 0 Å². The second kappa shape index (κ2) is 7.75. The molecule has 0 spiro atoms. The minimum Gasteiger partial charge on any atom is -0.437 e. The predicted molar refractivity (Wildman–Crippen MR) is 99.9 cm³/mol. The number of methoxy groups -OCH3 is 1. The van der Waals surface area contributed by atoms with E-state index < -0.39 is 6.16 Å². The Morgan fingerprint density at radius 2 is 1.89 bits per heavy atom. The highest BCUT2D eigenvalue weighted by molar-refractivity contribution is 6.09. The molecule has 0 aliphatic heterocycles. The van der Waals surface area contributed by atoms with Gasteiger partial charge in [0.05, 0.1) is 18.7 Å². The number of carbonyl (C=O) groups excluding carboxylic acids is 2. The number of nitrogens with zero attached hydrogens (tertiary/aromatic N) is 1. The summed E-state index contributed by atoms with van der Waals surface area (Å²) in [5, 5.41) is 9.56. The molecule has 0 bridgehead atoms. The van der Waals surface area contributed by atoms with Gasteiger partial charge in [0.2, 0.25) is 0 Å². The Morgan fingerprint density at radius 3 is 2.56 bits per heavy atom. The van der Waals surface area contributed by atoms with Crippen LogP contribution in [0.1, 0.15) is 33.6 Å². The van der Waals surface area contributed by atoms with E-state index >= 15 is 0 Å². The van der Waals surface area contributed by atoms with Crippen molar-refractivity contribution in [2.24, 2.45) is 0 Å². The Balaban J connectivity index is 1.82. The van der Waals surface area contributed by atoms with E-state index in [0.29, 0.717) is 35.1 Å². The first-order valence-corrected chi connectivity index (χ1v) is 8.42. The van der Waals surface area contributed by atoms with Crippen LogP contribution < -0.4 is 4.74 Å². The fourth-order valence-corrected chi connectivity index (χ4v) is 3.00. The van der Waals surface area contributed by atoms with Crippen molar-refractivity contribution in [1.82, 2.24) is 4.98 Å². The molecule has 0 saturated carbocycles. The second-order valence-corrected chi connectivity index (χ2v) is 6.12. The van der Waals surface area contributed by atoms with Crippen LogP contribution in [-0.4, -0.2) is 24.0 Å². The van der Waals surface area contributed by atoms with Gasteiger partial charge in [0, 0.05) is 28.6 Å². The Hall–Kier alpha value is -3.59. The summed E-state index contributed by atoms with van der Waals surface area (Å²) in [7, 11) is 1.24. The first-order chi connectivity index (χ1) is 13.0. The fourth-order valence-electron chi connectivity index (χ4n) is 3.00. The van der Waals surface area contributed by atoms with E-state index in [1.165, 1.54) is 7.11 Å². The Morgan fingerprint density at radius 1 is 1.15 bits per heavy atom. The molecule has 0 saturated heterocycles. The van der Waals surface area contributed by atoms with Gasteiger partial charge in [0.1, 0.15) is 5.75 Å². The van der Waals surface area contributed by atoms with Crippen molar-refractivity contribution < 1.29 is 19.1 Å². The number of hydrogen-bond donors (Lipinski definition) is 1. The summed E-state index contributed by atoms with van der Waals surface area (Å²) in [4.78, 5) is 27.3. The molecule has 2 aromatic carbocycles. The number of ether oxygens (including phenoxy) is 2. The average molecular weight is 362 g/mol. The molecule has 0 aliphatic carbocycles. The quantitative estimate of drug-likeness (QED) is 0.415. The zero-order chi connectivity index (χ0) is 19.4. The summed E-state index contributed by atoms with van der Waals surface area (Å²) in [6.45, 7) is 1.84. The zero-order valence-corrected chi connectivity index (χ0v) is 15.0. The van der Waals surface area contributed by atoms with E-state index in [1.807, 2.05) is 19.1 Å². The standard InChI is InChI=1S/C21H18N2O4/c1-13-20(19(24)10-7-14-3-5-15(12-22)6-4-14)17-11-16(27-21(25)26-2)8-9-18(17)23-13/h3-6,8-9,11,23H,7,10H2,1-2H3. The highest BCUT2D eigenvalue weighted by atomic mass is 16.7. The summed E-state index contributed by atoms with van der Waals surface area (Å²) >= 11 is 0. The number of nitriles is 1. The van der Waals surface area contributed by atoms with Gasteiger partial charge in [-0.1, -0.05) is 12.1 Å². The molecule has 3 aromatic rings. The maximum atomic E-state index is 12.8. The minimum absolute atomic E-state index is 0.00155. The van der Waals surface area contributed by atoms with Gasteiger partial charge in [-0.05, 0) is 49.2 Å². The Labute approximate surface area is 156 Å². The summed E-state index contributed by atoms with van der Waals surface area (Å²) in [6.07, 6.45) is 0.104. The highest BCUT2D eigenvalue weighted by Crippen LogP contribution is 2.28. The maximum absolute atomic E-state index is 12.8. The number of fused-ring (bicyclic) bond motifs is 1. The zero-order valence-electron chi connectivity index (χ0n) is 15.0. The average Bonchev–Trinajstić information content (AvgIpc) is 3.01. The van der Waals surface area contributed by atoms with Crippen LogP contribution in [0.5, 0.6) is 5.75 Å². The minimum atomic E-state index is -0.810. The van der Waals surface area contributed by atoms with Crippen LogP contribution in [-0.2, 0) is 11.2 Å². The summed E-state index contributed by atoms with van der Waals surface area (Å²) in [5.74, 6) is 0.313. The van der Waals surface area contributed by atoms with Crippen LogP contribution >= 0.6 is 0 Å². The van der Waals surface area contributed by atoms with Gasteiger partial charge in [-0.25, -0.2) is 4.79 Å². The third-order valence-electron chi connectivity index (χ3n) is 4.33. The molecule has 3 rings (SSSR count). The van der Waals surface area contributed by atoms with E-state index in [9.17, 15) is 9.59 Å². The number of carbonyl (C=O) groups is 2. The van der Waals surface area contributed by atoms with E-state index in [0.717, 1.165) is 16.8 Å². The number of benzene rings is 2. The molecule has 0 atom stereocenters. The van der Waals surface area contributed by atoms with Crippen LogP contribution in [0.4, 0.5) is 4.79 Å². The van der Waals surface area contributed by atoms with Crippen LogP contribution in [0, 0.1) is 18.3 Å². The van der Waals surface area contributed by atoms with E-state index in [2.05, 4.69) is 15.8 Å². The molecule has 1 heterocycles. The van der Waals surface area contributed by atoms with Crippen LogP contribution in [0.25, 0.3) is 10.9 Å². The highest BCUT2D eigenvalue weighted by Gasteiger charge is 2.17. The third kappa shape index (κ3) is 3.98. The molecule has 0 amide bonds. The molecule has 1 N–H and O–H groups in total. The molecule has 1 aromatic heterocycles. The van der Waals surface area contributed by atoms with Crippen molar-refractivity contribution in [3.8, 4) is 11.8 Å². The van der Waals surface area contributed by atoms with Crippen LogP contribution in [0.15, 0.2) is 42.5 Å². The lowest BCUT2D eigenvalue weighted by atomic mass is 10.00. The number of ketones is 1. The smallest absolute Gasteiger partial charge is 0.437 e. The summed E-state index contributed by atoms with van der Waals surface area (Å²) in [6, 6.07) is 14.3. The third-order valence-corrected chi connectivity index (χ3v) is 4.33. The Kier molecular flexibility index (Phi) is 5.23. The van der Waals surface area contributed by atoms with Gasteiger partial charge < -0.3 is 14.5 Å². The number of Topliss-reactive ketones (excluding diaryl/α,β-unsaturated/α-hetero) is 1. The molecule has 6 nitrogen and oxygen atoms in total. The summed E-state index contributed by atoms with van der Waals surface area (Å²) < 4.78 is 9.55. The van der Waals surface area contributed by atoms with E-state index in [4.69, 9.17) is 10.00 Å². The first kappa shape index (κ1) is 18.2. The number of aromatic nitrogens is 1. The van der Waals surface area contributed by atoms with Gasteiger partial charge >= 0.3 is 6.16 Å². The molecule has 27 heavy (non-hydrogen) atoms. The number of aryl methyl sites for hydroxylation is 2. The molecule has 136 valence electrons. The normalized spacial score (nSPS) is 10.4. The van der Waals surface area contributed by atoms with Gasteiger partial charge in [-0.3, -0.25) is 4.79 Å². The van der Waals surface area contributed by atoms with Crippen LogP contribution in [0.2, 0.25) is 0 Å². The molecule has 0 unspecified atom stereocenters. The van der Waals surface area contributed by atoms with Crippen molar-refractivity contribution in [3.63, 3.8) is 0 Å². The number of H-pyrrole nitrogens is 1. The number of rotatable bonds is 5. The van der Waals surface area contributed by atoms with Gasteiger partial charge in [-0.2, -0.15) is 5.26 Å². The molecule has 6 heteroatoms. The van der Waals surface area contributed by atoms with Crippen molar-refractivity contribution >= 4 is 22.8 Å². The van der Waals surface area contributed by atoms with E-state index in [1.54, 1.807) is 30.3 Å². The molecule has 0 fully saturated rings. The van der Waals surface area contributed by atoms with Gasteiger partial charge in [-0.15, -0.1) is 0 Å². The number of aromatic amines is 1. The van der Waals surface area contributed by atoms with Crippen LogP contribution in [0.3, 0.4) is 0 Å².